The van der Waals surface area contributed by atoms with Gasteiger partial charge in [-0.1, -0.05) is 39.0 Å². The van der Waals surface area contributed by atoms with Crippen LogP contribution in [-0.2, 0) is 16.1 Å². The Labute approximate surface area is 156 Å². The van der Waals surface area contributed by atoms with E-state index in [9.17, 15) is 9.59 Å². The molecule has 1 fully saturated rings. The van der Waals surface area contributed by atoms with Gasteiger partial charge in [-0.05, 0) is 31.5 Å². The van der Waals surface area contributed by atoms with Crippen molar-refractivity contribution in [1.82, 2.24) is 9.80 Å². The van der Waals surface area contributed by atoms with Crippen LogP contribution in [0.25, 0.3) is 0 Å². The Balaban J connectivity index is 1.79. The van der Waals surface area contributed by atoms with Gasteiger partial charge in [-0.25, -0.2) is 0 Å². The quantitative estimate of drug-likeness (QED) is 0.776. The van der Waals surface area contributed by atoms with Crippen molar-refractivity contribution in [3.05, 3.63) is 29.8 Å². The normalized spacial score (nSPS) is 21.9. The molecule has 5 nitrogen and oxygen atoms in total. The molecule has 2 aliphatic heterocycles. The van der Waals surface area contributed by atoms with Gasteiger partial charge in [-0.15, -0.1) is 0 Å². The van der Waals surface area contributed by atoms with Gasteiger partial charge >= 0.3 is 0 Å². The molecular formula is C21H31N3O2. The summed E-state index contributed by atoms with van der Waals surface area (Å²) in [6, 6.07) is 8.19. The van der Waals surface area contributed by atoms with E-state index >= 15 is 0 Å². The van der Waals surface area contributed by atoms with E-state index in [1.54, 1.807) is 0 Å². The number of carbonyl (C=O) groups is 2. The molecule has 0 aromatic heterocycles. The number of hydrogen-bond acceptors (Lipinski definition) is 3. The highest BCUT2D eigenvalue weighted by Crippen LogP contribution is 2.29. The van der Waals surface area contributed by atoms with Crippen LogP contribution in [0.1, 0.15) is 39.2 Å². The van der Waals surface area contributed by atoms with Crippen LogP contribution in [-0.4, -0.2) is 54.8 Å². The first-order valence-electron chi connectivity index (χ1n) is 9.64. The highest BCUT2D eigenvalue weighted by Gasteiger charge is 2.36. The Kier molecular flexibility index (Phi) is 5.37. The molecule has 0 saturated carbocycles. The molecule has 1 saturated heterocycles. The maximum atomic E-state index is 13.4. The van der Waals surface area contributed by atoms with Gasteiger partial charge in [0.15, 0.2) is 0 Å². The van der Waals surface area contributed by atoms with Gasteiger partial charge in [0.2, 0.25) is 11.8 Å². The molecule has 0 bridgehead atoms. The number of amides is 2. The molecule has 1 atom stereocenters. The van der Waals surface area contributed by atoms with Crippen LogP contribution in [0.3, 0.4) is 0 Å². The predicted octanol–water partition coefficient (Wildman–Crippen LogP) is 2.75. The van der Waals surface area contributed by atoms with E-state index in [0.29, 0.717) is 13.1 Å². The van der Waals surface area contributed by atoms with Crippen molar-refractivity contribution in [2.75, 3.05) is 38.1 Å². The minimum atomic E-state index is -0.400. The van der Waals surface area contributed by atoms with Crippen molar-refractivity contribution >= 4 is 17.5 Å². The summed E-state index contributed by atoms with van der Waals surface area (Å²) < 4.78 is 0. The molecule has 0 N–H and O–H groups in total. The van der Waals surface area contributed by atoms with E-state index < -0.39 is 5.41 Å². The number of likely N-dealkylation sites (tertiary alicyclic amines) is 1. The van der Waals surface area contributed by atoms with Crippen LogP contribution in [0.5, 0.6) is 0 Å². The Hall–Kier alpha value is -1.88. The van der Waals surface area contributed by atoms with Crippen molar-refractivity contribution in [2.24, 2.45) is 11.3 Å². The van der Waals surface area contributed by atoms with E-state index in [1.807, 2.05) is 48.8 Å². The molecule has 2 aliphatic rings. The predicted molar refractivity (Wildman–Crippen MR) is 104 cm³/mol. The molecule has 3 rings (SSSR count). The monoisotopic (exact) mass is 357 g/mol. The SMILES string of the molecule is CN1CCN(C(=O)C2CCCN(C(=O)C(C)(C)C)C2)c2ccccc2C1. The molecule has 1 aromatic carbocycles. The van der Waals surface area contributed by atoms with Crippen LogP contribution in [0.15, 0.2) is 24.3 Å². The van der Waals surface area contributed by atoms with E-state index in [0.717, 1.165) is 38.2 Å². The molecule has 2 heterocycles. The van der Waals surface area contributed by atoms with E-state index in [2.05, 4.69) is 18.0 Å². The highest BCUT2D eigenvalue weighted by molar-refractivity contribution is 5.96. The van der Waals surface area contributed by atoms with E-state index in [4.69, 9.17) is 0 Å². The topological polar surface area (TPSA) is 43.9 Å². The van der Waals surface area contributed by atoms with Crippen molar-refractivity contribution < 1.29 is 9.59 Å². The van der Waals surface area contributed by atoms with Crippen LogP contribution >= 0.6 is 0 Å². The second-order valence-electron chi connectivity index (χ2n) is 8.70. The van der Waals surface area contributed by atoms with Gasteiger partial charge in [0, 0.05) is 43.8 Å². The largest absolute Gasteiger partial charge is 0.341 e. The Bertz CT molecular complexity index is 680. The summed E-state index contributed by atoms with van der Waals surface area (Å²) >= 11 is 0. The molecule has 0 aliphatic carbocycles. The van der Waals surface area contributed by atoms with Crippen molar-refractivity contribution in [3.8, 4) is 0 Å². The molecule has 1 aromatic rings. The molecule has 0 spiro atoms. The fourth-order valence-electron chi connectivity index (χ4n) is 3.96. The van der Waals surface area contributed by atoms with Crippen LogP contribution < -0.4 is 4.90 Å². The lowest BCUT2D eigenvalue weighted by Gasteiger charge is -2.37. The fourth-order valence-corrected chi connectivity index (χ4v) is 3.96. The maximum absolute atomic E-state index is 13.4. The van der Waals surface area contributed by atoms with Crippen LogP contribution in [0.2, 0.25) is 0 Å². The number of nitrogens with zero attached hydrogens (tertiary/aromatic N) is 3. The molecule has 0 radical (unpaired) electrons. The minimum absolute atomic E-state index is 0.105. The summed E-state index contributed by atoms with van der Waals surface area (Å²) in [6.07, 6.45) is 1.76. The Morgan fingerprint density at radius 1 is 1.08 bits per heavy atom. The van der Waals surface area contributed by atoms with E-state index in [-0.39, 0.29) is 17.7 Å². The van der Waals surface area contributed by atoms with Gasteiger partial charge < -0.3 is 14.7 Å². The molecule has 5 heteroatoms. The van der Waals surface area contributed by atoms with Gasteiger partial charge in [0.1, 0.15) is 0 Å². The molecule has 26 heavy (non-hydrogen) atoms. The first-order valence-corrected chi connectivity index (χ1v) is 9.64. The number of carbonyl (C=O) groups excluding carboxylic acids is 2. The van der Waals surface area contributed by atoms with Gasteiger partial charge in [-0.2, -0.15) is 0 Å². The molecular weight excluding hydrogens is 326 g/mol. The zero-order chi connectivity index (χ0) is 18.9. The summed E-state index contributed by atoms with van der Waals surface area (Å²) in [5.74, 6) is 0.205. The van der Waals surface area contributed by atoms with Crippen molar-refractivity contribution in [2.45, 2.75) is 40.2 Å². The van der Waals surface area contributed by atoms with E-state index in [1.165, 1.54) is 5.56 Å². The number of anilines is 1. The van der Waals surface area contributed by atoms with Gasteiger partial charge in [-0.3, -0.25) is 9.59 Å². The number of rotatable bonds is 1. The average molecular weight is 357 g/mol. The molecule has 2 amide bonds. The average Bonchev–Trinajstić information content (AvgIpc) is 2.78. The number of likely N-dealkylation sites (N-methyl/N-ethyl adjacent to an activating group) is 1. The van der Waals surface area contributed by atoms with Crippen molar-refractivity contribution in [1.29, 1.82) is 0 Å². The summed E-state index contributed by atoms with van der Waals surface area (Å²) in [6.45, 7) is 9.57. The lowest BCUT2D eigenvalue weighted by molar-refractivity contribution is -0.142. The summed E-state index contributed by atoms with van der Waals surface area (Å²) in [4.78, 5) is 32.1. The molecule has 1 unspecified atom stereocenters. The molecule has 142 valence electrons. The maximum Gasteiger partial charge on any atom is 0.231 e. The summed E-state index contributed by atoms with van der Waals surface area (Å²) in [5.41, 5.74) is 1.82. The third-order valence-electron chi connectivity index (χ3n) is 5.39. The fraction of sp³-hybridized carbons (Fsp3) is 0.619. The van der Waals surface area contributed by atoms with Crippen LogP contribution in [0.4, 0.5) is 5.69 Å². The lowest BCUT2D eigenvalue weighted by Crippen LogP contribution is -2.50. The number of hydrogen-bond donors (Lipinski definition) is 0. The number of para-hydroxylation sites is 1. The van der Waals surface area contributed by atoms with Crippen molar-refractivity contribution in [3.63, 3.8) is 0 Å². The zero-order valence-electron chi connectivity index (χ0n) is 16.5. The lowest BCUT2D eigenvalue weighted by atomic mass is 9.90. The Morgan fingerprint density at radius 3 is 2.54 bits per heavy atom. The number of benzene rings is 1. The number of fused-ring (bicyclic) bond motifs is 1. The summed E-state index contributed by atoms with van der Waals surface area (Å²) in [7, 11) is 2.09. The van der Waals surface area contributed by atoms with Gasteiger partial charge in [0.05, 0.1) is 5.92 Å². The summed E-state index contributed by atoms with van der Waals surface area (Å²) in [5, 5.41) is 0. The second-order valence-corrected chi connectivity index (χ2v) is 8.70. The highest BCUT2D eigenvalue weighted by atomic mass is 16.2. The third kappa shape index (κ3) is 3.93. The smallest absolute Gasteiger partial charge is 0.231 e. The first kappa shape index (κ1) is 18.9. The second kappa shape index (κ2) is 7.39. The van der Waals surface area contributed by atoms with Crippen LogP contribution in [0, 0.1) is 11.3 Å². The standard InChI is InChI=1S/C21H31N3O2/c1-21(2,3)20(26)23-11-7-9-17(15-23)19(25)24-13-12-22(4)14-16-8-5-6-10-18(16)24/h5-6,8,10,17H,7,9,11-15H2,1-4H3. The zero-order valence-corrected chi connectivity index (χ0v) is 16.5. The Morgan fingerprint density at radius 2 is 1.81 bits per heavy atom. The number of piperidine rings is 1. The van der Waals surface area contributed by atoms with Gasteiger partial charge in [0.25, 0.3) is 0 Å². The first-order chi connectivity index (χ1) is 12.3. The third-order valence-corrected chi connectivity index (χ3v) is 5.39. The minimum Gasteiger partial charge on any atom is -0.341 e.